The predicted molar refractivity (Wildman–Crippen MR) is 58.6 cm³/mol. The first-order valence-corrected chi connectivity index (χ1v) is 5.60. The Hall–Kier alpha value is -0.470. The second kappa shape index (κ2) is 5.30. The monoisotopic (exact) mass is 196 g/mol. The van der Waals surface area contributed by atoms with Crippen LogP contribution in [0.1, 0.15) is 30.5 Å². The smallest absolute Gasteiger partial charge is 0.0867 e. The van der Waals surface area contributed by atoms with Gasteiger partial charge in [-0.3, -0.25) is 0 Å². The van der Waals surface area contributed by atoms with E-state index in [0.29, 0.717) is 0 Å². The van der Waals surface area contributed by atoms with E-state index < -0.39 is 0 Å². The molecule has 1 aromatic carbocycles. The standard InChI is InChI=1S/C9H10OS.C2H6/c1-7-2-3-8-5-10-11-6-9(8)4-7;1-2/h2-4H,5-6H2,1H3;1-2H3. The minimum Gasteiger partial charge on any atom is -0.310 e. The summed E-state index contributed by atoms with van der Waals surface area (Å²) in [5.74, 6) is 0.997. The molecule has 0 aromatic heterocycles. The van der Waals surface area contributed by atoms with Gasteiger partial charge in [-0.15, -0.1) is 0 Å². The van der Waals surface area contributed by atoms with Crippen molar-refractivity contribution in [1.29, 1.82) is 0 Å². The molecule has 0 unspecified atom stereocenters. The molecular weight excluding hydrogens is 180 g/mol. The maximum Gasteiger partial charge on any atom is 0.0867 e. The molecule has 0 saturated carbocycles. The molecule has 0 aliphatic carbocycles. The summed E-state index contributed by atoms with van der Waals surface area (Å²) in [5.41, 5.74) is 4.11. The van der Waals surface area contributed by atoms with E-state index in [0.717, 1.165) is 12.4 Å². The molecule has 1 aromatic rings. The Morgan fingerprint density at radius 2 is 2.00 bits per heavy atom. The van der Waals surface area contributed by atoms with E-state index in [2.05, 4.69) is 25.1 Å². The van der Waals surface area contributed by atoms with E-state index in [1.807, 2.05) is 13.8 Å². The van der Waals surface area contributed by atoms with E-state index in [9.17, 15) is 0 Å². The Kier molecular flexibility index (Phi) is 4.33. The van der Waals surface area contributed by atoms with Gasteiger partial charge in [0.15, 0.2) is 0 Å². The Labute approximate surface area is 84.7 Å². The molecule has 13 heavy (non-hydrogen) atoms. The minimum atomic E-state index is 0.764. The average Bonchev–Trinajstić information content (AvgIpc) is 2.21. The number of aryl methyl sites for hydroxylation is 1. The summed E-state index contributed by atoms with van der Waals surface area (Å²) in [4.78, 5) is 0. The van der Waals surface area contributed by atoms with Crippen LogP contribution < -0.4 is 0 Å². The summed E-state index contributed by atoms with van der Waals surface area (Å²) in [6, 6.07) is 6.54. The number of rotatable bonds is 0. The summed E-state index contributed by atoms with van der Waals surface area (Å²) < 4.78 is 5.25. The molecule has 1 heterocycles. The molecule has 1 aliphatic heterocycles. The number of hydrogen-bond acceptors (Lipinski definition) is 2. The molecule has 0 atom stereocenters. The van der Waals surface area contributed by atoms with Crippen LogP contribution in [0.2, 0.25) is 0 Å². The molecule has 0 saturated heterocycles. The lowest BCUT2D eigenvalue weighted by atomic mass is 10.1. The van der Waals surface area contributed by atoms with Crippen LogP contribution in [0.25, 0.3) is 0 Å². The van der Waals surface area contributed by atoms with Gasteiger partial charge < -0.3 is 4.18 Å². The van der Waals surface area contributed by atoms with Gasteiger partial charge >= 0.3 is 0 Å². The third kappa shape index (κ3) is 2.75. The van der Waals surface area contributed by atoms with Crippen LogP contribution in [0.5, 0.6) is 0 Å². The van der Waals surface area contributed by atoms with Gasteiger partial charge in [0.05, 0.1) is 6.61 Å². The number of benzene rings is 1. The van der Waals surface area contributed by atoms with Crippen molar-refractivity contribution in [2.75, 3.05) is 0 Å². The maximum absolute atomic E-state index is 5.25. The second-order valence-corrected chi connectivity index (χ2v) is 3.56. The van der Waals surface area contributed by atoms with Gasteiger partial charge in [-0.2, -0.15) is 0 Å². The maximum atomic E-state index is 5.25. The summed E-state index contributed by atoms with van der Waals surface area (Å²) in [7, 11) is 0. The first-order valence-electron chi connectivity index (χ1n) is 4.69. The molecule has 0 amide bonds. The van der Waals surface area contributed by atoms with Crippen molar-refractivity contribution in [2.24, 2.45) is 0 Å². The van der Waals surface area contributed by atoms with Crippen molar-refractivity contribution in [1.82, 2.24) is 0 Å². The lowest BCUT2D eigenvalue weighted by molar-refractivity contribution is 0.355. The molecule has 0 fully saturated rings. The van der Waals surface area contributed by atoms with Crippen LogP contribution in [0, 0.1) is 6.92 Å². The van der Waals surface area contributed by atoms with E-state index >= 15 is 0 Å². The molecular formula is C11H16OS. The SMILES string of the molecule is CC.Cc1ccc2c(c1)CSOC2. The first kappa shape index (κ1) is 10.6. The summed E-state index contributed by atoms with van der Waals surface area (Å²) in [6.45, 7) is 6.89. The summed E-state index contributed by atoms with van der Waals surface area (Å²) >= 11 is 1.55. The largest absolute Gasteiger partial charge is 0.310 e. The van der Waals surface area contributed by atoms with Crippen molar-refractivity contribution in [2.45, 2.75) is 33.1 Å². The van der Waals surface area contributed by atoms with Crippen molar-refractivity contribution >= 4 is 12.0 Å². The van der Waals surface area contributed by atoms with Crippen LogP contribution in [0.3, 0.4) is 0 Å². The number of hydrogen-bond donors (Lipinski definition) is 0. The molecule has 1 nitrogen and oxygen atoms in total. The topological polar surface area (TPSA) is 9.23 Å². The highest BCUT2D eigenvalue weighted by Crippen LogP contribution is 2.26. The third-order valence-corrected chi connectivity index (χ3v) is 2.59. The molecule has 2 rings (SSSR count). The Balaban J connectivity index is 0.000000396. The van der Waals surface area contributed by atoms with Gasteiger partial charge in [0.25, 0.3) is 0 Å². The lowest BCUT2D eigenvalue weighted by Gasteiger charge is -2.14. The highest BCUT2D eigenvalue weighted by Gasteiger charge is 2.08. The molecule has 0 spiro atoms. The molecule has 0 radical (unpaired) electrons. The summed E-state index contributed by atoms with van der Waals surface area (Å²) in [6.07, 6.45) is 0. The average molecular weight is 196 g/mol. The van der Waals surface area contributed by atoms with Crippen LogP contribution >= 0.6 is 12.0 Å². The molecule has 1 aliphatic rings. The molecule has 72 valence electrons. The van der Waals surface area contributed by atoms with E-state index in [1.165, 1.54) is 16.7 Å². The van der Waals surface area contributed by atoms with Gasteiger partial charge in [0, 0.05) is 5.75 Å². The summed E-state index contributed by atoms with van der Waals surface area (Å²) in [5, 5.41) is 0. The van der Waals surface area contributed by atoms with E-state index in [-0.39, 0.29) is 0 Å². The van der Waals surface area contributed by atoms with Gasteiger partial charge in [-0.25, -0.2) is 0 Å². The van der Waals surface area contributed by atoms with Crippen molar-refractivity contribution in [3.8, 4) is 0 Å². The Bertz CT molecular complexity index is 271. The van der Waals surface area contributed by atoms with Crippen LogP contribution in [-0.4, -0.2) is 0 Å². The zero-order valence-corrected chi connectivity index (χ0v) is 9.28. The van der Waals surface area contributed by atoms with Crippen molar-refractivity contribution in [3.05, 3.63) is 34.9 Å². The molecule has 0 bridgehead atoms. The van der Waals surface area contributed by atoms with Gasteiger partial charge in [0.1, 0.15) is 0 Å². The highest BCUT2D eigenvalue weighted by atomic mass is 32.2. The second-order valence-electron chi connectivity index (χ2n) is 2.80. The first-order chi connectivity index (χ1) is 6.36. The fourth-order valence-electron chi connectivity index (χ4n) is 1.24. The third-order valence-electron chi connectivity index (χ3n) is 1.87. The fourth-order valence-corrected chi connectivity index (χ4v) is 1.93. The van der Waals surface area contributed by atoms with Gasteiger partial charge in [-0.05, 0) is 30.1 Å². The van der Waals surface area contributed by atoms with E-state index in [4.69, 9.17) is 4.18 Å². The Morgan fingerprint density at radius 1 is 1.23 bits per heavy atom. The van der Waals surface area contributed by atoms with Gasteiger partial charge in [-0.1, -0.05) is 37.6 Å². The number of fused-ring (bicyclic) bond motifs is 1. The predicted octanol–water partition coefficient (Wildman–Crippen LogP) is 3.70. The van der Waals surface area contributed by atoms with Crippen LogP contribution in [0.15, 0.2) is 18.2 Å². The zero-order valence-electron chi connectivity index (χ0n) is 8.46. The van der Waals surface area contributed by atoms with Crippen molar-refractivity contribution in [3.63, 3.8) is 0 Å². The fraction of sp³-hybridized carbons (Fsp3) is 0.455. The normalized spacial score (nSPS) is 14.1. The highest BCUT2D eigenvalue weighted by molar-refractivity contribution is 7.93. The molecule has 0 N–H and O–H groups in total. The zero-order chi connectivity index (χ0) is 9.68. The van der Waals surface area contributed by atoms with Crippen LogP contribution in [-0.2, 0) is 16.5 Å². The van der Waals surface area contributed by atoms with E-state index in [1.54, 1.807) is 12.0 Å². The minimum absolute atomic E-state index is 0.764. The van der Waals surface area contributed by atoms with Gasteiger partial charge in [0.2, 0.25) is 0 Å². The van der Waals surface area contributed by atoms with Crippen molar-refractivity contribution < 1.29 is 4.18 Å². The van der Waals surface area contributed by atoms with Crippen LogP contribution in [0.4, 0.5) is 0 Å². The quantitative estimate of drug-likeness (QED) is 0.585. The Morgan fingerprint density at radius 3 is 2.77 bits per heavy atom. The molecule has 2 heteroatoms. The lowest BCUT2D eigenvalue weighted by Crippen LogP contribution is -2.00.